The average Bonchev–Trinajstić information content (AvgIpc) is 2.41. The van der Waals surface area contributed by atoms with E-state index in [1.54, 1.807) is 18.2 Å². The average molecular weight is 360 g/mol. The molecule has 0 spiro atoms. The fraction of sp³-hybridized carbons (Fsp3) is 0.250. The Labute approximate surface area is 130 Å². The van der Waals surface area contributed by atoms with E-state index in [0.717, 1.165) is 29.3 Å². The second-order valence-corrected chi connectivity index (χ2v) is 5.85. The number of hydrogen-bond donors (Lipinski definition) is 0. The summed E-state index contributed by atoms with van der Waals surface area (Å²) in [6, 6.07) is 11.0. The van der Waals surface area contributed by atoms with Gasteiger partial charge in [0.05, 0.1) is 0 Å². The number of rotatable bonds is 5. The maximum absolute atomic E-state index is 13.2. The molecule has 0 bridgehead atoms. The highest BCUT2D eigenvalue weighted by Gasteiger charge is 2.12. The molecule has 0 aliphatic rings. The molecule has 1 atom stereocenters. The standard InChI is InChI=1S/C16H14BrClF2/c17-10-12(6-11-2-1-3-14(19)8-11)7-13-4-5-15(20)9-16(13)18/h1-5,8-9,12H,6-7,10H2. The molecule has 2 aromatic rings. The second kappa shape index (κ2) is 7.19. The highest BCUT2D eigenvalue weighted by Crippen LogP contribution is 2.23. The molecule has 2 rings (SSSR count). The normalized spacial score (nSPS) is 12.4. The van der Waals surface area contributed by atoms with Crippen molar-refractivity contribution in [3.63, 3.8) is 0 Å². The molecule has 1 unspecified atom stereocenters. The summed E-state index contributed by atoms with van der Waals surface area (Å²) in [5, 5.41) is 1.22. The van der Waals surface area contributed by atoms with Crippen LogP contribution in [0.2, 0.25) is 5.02 Å². The van der Waals surface area contributed by atoms with Gasteiger partial charge in [0.2, 0.25) is 0 Å². The van der Waals surface area contributed by atoms with E-state index in [9.17, 15) is 8.78 Å². The van der Waals surface area contributed by atoms with E-state index in [4.69, 9.17) is 11.6 Å². The predicted molar refractivity (Wildman–Crippen MR) is 82.5 cm³/mol. The Hall–Kier alpha value is -0.930. The number of hydrogen-bond acceptors (Lipinski definition) is 0. The third kappa shape index (κ3) is 4.29. The van der Waals surface area contributed by atoms with Crippen LogP contribution in [0, 0.1) is 17.6 Å². The summed E-state index contributed by atoms with van der Waals surface area (Å²) in [5.74, 6) is -0.283. The van der Waals surface area contributed by atoms with Crippen molar-refractivity contribution < 1.29 is 8.78 Å². The van der Waals surface area contributed by atoms with Crippen molar-refractivity contribution in [3.8, 4) is 0 Å². The zero-order valence-electron chi connectivity index (χ0n) is 10.8. The smallest absolute Gasteiger partial charge is 0.124 e. The van der Waals surface area contributed by atoms with Crippen LogP contribution in [0.15, 0.2) is 42.5 Å². The monoisotopic (exact) mass is 358 g/mol. The van der Waals surface area contributed by atoms with Crippen LogP contribution in [0.3, 0.4) is 0 Å². The number of alkyl halides is 1. The van der Waals surface area contributed by atoms with E-state index in [1.807, 2.05) is 6.07 Å². The Morgan fingerprint density at radius 3 is 2.40 bits per heavy atom. The van der Waals surface area contributed by atoms with Gasteiger partial charge in [-0.05, 0) is 54.2 Å². The van der Waals surface area contributed by atoms with Gasteiger partial charge in [0, 0.05) is 10.4 Å². The number of halogens is 4. The Bertz CT molecular complexity index is 586. The van der Waals surface area contributed by atoms with Gasteiger partial charge in [0.15, 0.2) is 0 Å². The summed E-state index contributed by atoms with van der Waals surface area (Å²) < 4.78 is 26.2. The summed E-state index contributed by atoms with van der Waals surface area (Å²) >= 11 is 9.52. The van der Waals surface area contributed by atoms with Crippen molar-refractivity contribution >= 4 is 27.5 Å². The van der Waals surface area contributed by atoms with Gasteiger partial charge in [-0.15, -0.1) is 0 Å². The molecular formula is C16H14BrClF2. The maximum Gasteiger partial charge on any atom is 0.124 e. The molecule has 0 radical (unpaired) electrons. The van der Waals surface area contributed by atoms with Crippen molar-refractivity contribution in [2.24, 2.45) is 5.92 Å². The Balaban J connectivity index is 2.09. The summed E-state index contributed by atoms with van der Waals surface area (Å²) in [5.41, 5.74) is 1.86. The van der Waals surface area contributed by atoms with Gasteiger partial charge in [-0.1, -0.05) is 45.7 Å². The van der Waals surface area contributed by atoms with Gasteiger partial charge in [0.1, 0.15) is 11.6 Å². The first-order valence-electron chi connectivity index (χ1n) is 6.33. The van der Waals surface area contributed by atoms with Crippen LogP contribution in [-0.4, -0.2) is 5.33 Å². The van der Waals surface area contributed by atoms with Gasteiger partial charge < -0.3 is 0 Å². The van der Waals surface area contributed by atoms with E-state index >= 15 is 0 Å². The van der Waals surface area contributed by atoms with E-state index in [1.165, 1.54) is 18.2 Å². The largest absolute Gasteiger partial charge is 0.207 e. The minimum Gasteiger partial charge on any atom is -0.207 e. The fourth-order valence-corrected chi connectivity index (χ4v) is 2.88. The Morgan fingerprint density at radius 1 is 1.00 bits per heavy atom. The Kier molecular flexibility index (Phi) is 5.55. The third-order valence-corrected chi connectivity index (χ3v) is 4.42. The van der Waals surface area contributed by atoms with Crippen LogP contribution >= 0.6 is 27.5 Å². The lowest BCUT2D eigenvalue weighted by molar-refractivity contribution is 0.580. The van der Waals surface area contributed by atoms with Gasteiger partial charge >= 0.3 is 0 Å². The highest BCUT2D eigenvalue weighted by atomic mass is 79.9. The van der Waals surface area contributed by atoms with Gasteiger partial charge in [0.25, 0.3) is 0 Å². The first-order valence-corrected chi connectivity index (χ1v) is 7.82. The molecule has 0 amide bonds. The van der Waals surface area contributed by atoms with Crippen LogP contribution in [0.4, 0.5) is 8.78 Å². The van der Waals surface area contributed by atoms with Crippen molar-refractivity contribution in [1.82, 2.24) is 0 Å². The first kappa shape index (κ1) is 15.5. The molecule has 0 aliphatic carbocycles. The lowest BCUT2D eigenvalue weighted by atomic mass is 9.94. The second-order valence-electron chi connectivity index (χ2n) is 4.79. The van der Waals surface area contributed by atoms with E-state index in [0.29, 0.717) is 5.02 Å². The third-order valence-electron chi connectivity index (χ3n) is 3.16. The van der Waals surface area contributed by atoms with Crippen molar-refractivity contribution in [2.75, 3.05) is 5.33 Å². The van der Waals surface area contributed by atoms with E-state index in [2.05, 4.69) is 15.9 Å². The predicted octanol–water partition coefficient (Wildman–Crippen LogP) is 5.41. The Morgan fingerprint density at radius 2 is 1.75 bits per heavy atom. The van der Waals surface area contributed by atoms with E-state index < -0.39 is 0 Å². The van der Waals surface area contributed by atoms with Crippen LogP contribution in [0.25, 0.3) is 0 Å². The lowest BCUT2D eigenvalue weighted by Gasteiger charge is -2.15. The topological polar surface area (TPSA) is 0 Å². The molecule has 0 heterocycles. The molecule has 0 fully saturated rings. The number of benzene rings is 2. The van der Waals surface area contributed by atoms with Crippen molar-refractivity contribution in [3.05, 3.63) is 70.2 Å². The first-order chi connectivity index (χ1) is 9.58. The summed E-state index contributed by atoms with van der Waals surface area (Å²) in [6.07, 6.45) is 1.47. The SMILES string of the molecule is Fc1cccc(CC(CBr)Cc2ccc(F)cc2Cl)c1. The van der Waals surface area contributed by atoms with E-state index in [-0.39, 0.29) is 17.6 Å². The van der Waals surface area contributed by atoms with Crippen LogP contribution in [-0.2, 0) is 12.8 Å². The highest BCUT2D eigenvalue weighted by molar-refractivity contribution is 9.09. The van der Waals surface area contributed by atoms with Gasteiger partial charge in [-0.3, -0.25) is 0 Å². The van der Waals surface area contributed by atoms with Crippen LogP contribution < -0.4 is 0 Å². The molecule has 0 aromatic heterocycles. The molecule has 20 heavy (non-hydrogen) atoms. The molecule has 2 aromatic carbocycles. The molecule has 106 valence electrons. The molecule has 0 saturated heterocycles. The van der Waals surface area contributed by atoms with Crippen LogP contribution in [0.1, 0.15) is 11.1 Å². The van der Waals surface area contributed by atoms with Crippen LogP contribution in [0.5, 0.6) is 0 Å². The molecule has 0 saturated carbocycles. The molecule has 4 heteroatoms. The zero-order chi connectivity index (χ0) is 14.5. The lowest BCUT2D eigenvalue weighted by Crippen LogP contribution is -2.10. The van der Waals surface area contributed by atoms with Gasteiger partial charge in [-0.2, -0.15) is 0 Å². The minimum atomic E-state index is -0.334. The van der Waals surface area contributed by atoms with Crippen molar-refractivity contribution in [2.45, 2.75) is 12.8 Å². The maximum atomic E-state index is 13.2. The zero-order valence-corrected chi connectivity index (χ0v) is 13.1. The molecule has 0 nitrogen and oxygen atoms in total. The molecule has 0 N–H and O–H groups in total. The summed E-state index contributed by atoms with van der Waals surface area (Å²) in [6.45, 7) is 0. The van der Waals surface area contributed by atoms with Gasteiger partial charge in [-0.25, -0.2) is 8.78 Å². The molecule has 0 aliphatic heterocycles. The summed E-state index contributed by atoms with van der Waals surface area (Å²) in [7, 11) is 0. The quantitative estimate of drug-likeness (QED) is 0.626. The minimum absolute atomic E-state index is 0.226. The van der Waals surface area contributed by atoms with Crippen molar-refractivity contribution in [1.29, 1.82) is 0 Å². The summed E-state index contributed by atoms with van der Waals surface area (Å²) in [4.78, 5) is 0. The molecular weight excluding hydrogens is 346 g/mol. The fourth-order valence-electron chi connectivity index (χ4n) is 2.18.